The van der Waals surface area contributed by atoms with E-state index < -0.39 is 23.8 Å². The van der Waals surface area contributed by atoms with Crippen LogP contribution in [-0.4, -0.2) is 22.1 Å². The number of carbonyl (C=O) groups excluding carboxylic acids is 1. The van der Waals surface area contributed by atoms with Gasteiger partial charge in [0.05, 0.1) is 5.56 Å². The predicted octanol–water partition coefficient (Wildman–Crippen LogP) is 3.53. The van der Waals surface area contributed by atoms with E-state index in [1.54, 1.807) is 26.0 Å². The fraction of sp³-hybridized carbons (Fsp3) is 0.333. The van der Waals surface area contributed by atoms with Crippen molar-refractivity contribution in [3.63, 3.8) is 0 Å². The molecule has 0 fully saturated rings. The Bertz CT molecular complexity index is 763. The van der Waals surface area contributed by atoms with Crippen LogP contribution in [0.3, 0.4) is 0 Å². The van der Waals surface area contributed by atoms with Gasteiger partial charge in [-0.15, -0.1) is 0 Å². The summed E-state index contributed by atoms with van der Waals surface area (Å²) >= 11 is 0. The summed E-state index contributed by atoms with van der Waals surface area (Å²) in [5, 5.41) is 12.3. The third kappa shape index (κ3) is 5.19. The molecule has 2 aromatic rings. The number of hydrogen-bond acceptors (Lipinski definition) is 4. The van der Waals surface area contributed by atoms with Gasteiger partial charge in [0.15, 0.2) is 0 Å². The number of benzene rings is 1. The number of rotatable bonds is 6. The average Bonchev–Trinajstić information content (AvgIpc) is 2.59. The molecule has 5 nitrogen and oxygen atoms in total. The van der Waals surface area contributed by atoms with Crippen LogP contribution in [0.1, 0.15) is 25.0 Å². The molecule has 8 heteroatoms. The molecule has 0 aliphatic heterocycles. The molecule has 0 saturated carbocycles. The van der Waals surface area contributed by atoms with Crippen LogP contribution < -0.4 is 10.1 Å². The standard InChI is InChI=1S/C18H19F3N2O3/c1-11(2)15(24)16(25)23-10-12-5-4-8-22-17(12)26-14-7-3-6-13(9-14)18(19,20)21/h3-9,11,15,24H,10H2,1-2H3,(H,23,25). The monoisotopic (exact) mass is 368 g/mol. The van der Waals surface area contributed by atoms with Crippen LogP contribution in [0, 0.1) is 5.92 Å². The fourth-order valence-electron chi connectivity index (χ4n) is 2.09. The van der Waals surface area contributed by atoms with Crippen molar-refractivity contribution in [2.45, 2.75) is 32.7 Å². The van der Waals surface area contributed by atoms with Crippen molar-refractivity contribution >= 4 is 5.91 Å². The lowest BCUT2D eigenvalue weighted by Gasteiger charge is -2.15. The molecule has 1 unspecified atom stereocenters. The summed E-state index contributed by atoms with van der Waals surface area (Å²) in [5.74, 6) is -0.738. The van der Waals surface area contributed by atoms with Gasteiger partial charge in [0.1, 0.15) is 11.9 Å². The van der Waals surface area contributed by atoms with E-state index in [0.29, 0.717) is 5.56 Å². The van der Waals surface area contributed by atoms with Gasteiger partial charge in [-0.1, -0.05) is 26.0 Å². The Morgan fingerprint density at radius 3 is 2.65 bits per heavy atom. The van der Waals surface area contributed by atoms with E-state index >= 15 is 0 Å². The van der Waals surface area contributed by atoms with Gasteiger partial charge in [-0.25, -0.2) is 4.98 Å². The Morgan fingerprint density at radius 2 is 2.00 bits per heavy atom. The molecule has 0 aliphatic rings. The first-order valence-corrected chi connectivity index (χ1v) is 7.93. The number of amides is 1. The van der Waals surface area contributed by atoms with Crippen molar-refractivity contribution in [3.05, 3.63) is 53.7 Å². The summed E-state index contributed by atoms with van der Waals surface area (Å²) in [6, 6.07) is 7.67. The van der Waals surface area contributed by atoms with Gasteiger partial charge in [0, 0.05) is 18.3 Å². The predicted molar refractivity (Wildman–Crippen MR) is 88.4 cm³/mol. The summed E-state index contributed by atoms with van der Waals surface area (Å²) in [6.45, 7) is 3.43. The quantitative estimate of drug-likeness (QED) is 0.818. The Kier molecular flexibility index (Phi) is 6.20. The Hall–Kier alpha value is -2.61. The van der Waals surface area contributed by atoms with Crippen LogP contribution in [0.5, 0.6) is 11.6 Å². The van der Waals surface area contributed by atoms with E-state index in [9.17, 15) is 23.1 Å². The minimum Gasteiger partial charge on any atom is -0.439 e. The van der Waals surface area contributed by atoms with Crippen molar-refractivity contribution < 1.29 is 27.8 Å². The lowest BCUT2D eigenvalue weighted by atomic mass is 10.1. The van der Waals surface area contributed by atoms with Crippen LogP contribution in [0.4, 0.5) is 13.2 Å². The number of hydrogen-bond donors (Lipinski definition) is 2. The van der Waals surface area contributed by atoms with Gasteiger partial charge in [-0.05, 0) is 30.2 Å². The number of alkyl halides is 3. The van der Waals surface area contributed by atoms with Crippen molar-refractivity contribution in [2.75, 3.05) is 0 Å². The maximum Gasteiger partial charge on any atom is 0.416 e. The molecular formula is C18H19F3N2O3. The van der Waals surface area contributed by atoms with E-state index in [-0.39, 0.29) is 24.1 Å². The van der Waals surface area contributed by atoms with Crippen molar-refractivity contribution in [2.24, 2.45) is 5.92 Å². The van der Waals surface area contributed by atoms with E-state index in [0.717, 1.165) is 12.1 Å². The maximum atomic E-state index is 12.8. The molecule has 1 amide bonds. The lowest BCUT2D eigenvalue weighted by molar-refractivity contribution is -0.137. The van der Waals surface area contributed by atoms with E-state index in [1.165, 1.54) is 18.3 Å². The zero-order chi connectivity index (χ0) is 19.3. The zero-order valence-electron chi connectivity index (χ0n) is 14.2. The van der Waals surface area contributed by atoms with E-state index in [4.69, 9.17) is 4.74 Å². The van der Waals surface area contributed by atoms with Gasteiger partial charge >= 0.3 is 6.18 Å². The fourth-order valence-corrected chi connectivity index (χ4v) is 2.09. The number of nitrogens with zero attached hydrogens (tertiary/aromatic N) is 1. The molecule has 26 heavy (non-hydrogen) atoms. The Labute approximate surface area is 148 Å². The van der Waals surface area contributed by atoms with Gasteiger partial charge < -0.3 is 15.2 Å². The molecule has 0 spiro atoms. The number of pyridine rings is 1. The van der Waals surface area contributed by atoms with E-state index in [1.807, 2.05) is 0 Å². The molecule has 2 rings (SSSR count). The van der Waals surface area contributed by atoms with Gasteiger partial charge in [-0.3, -0.25) is 4.79 Å². The highest BCUT2D eigenvalue weighted by Crippen LogP contribution is 2.32. The normalized spacial score (nSPS) is 12.7. The lowest BCUT2D eigenvalue weighted by Crippen LogP contribution is -2.37. The number of halogens is 3. The topological polar surface area (TPSA) is 71.5 Å². The van der Waals surface area contributed by atoms with Gasteiger partial charge in [0.2, 0.25) is 11.8 Å². The number of aliphatic hydroxyl groups excluding tert-OH is 1. The second kappa shape index (κ2) is 8.18. The van der Waals surface area contributed by atoms with Crippen LogP contribution in [0.15, 0.2) is 42.6 Å². The molecule has 1 aromatic carbocycles. The zero-order valence-corrected chi connectivity index (χ0v) is 14.2. The van der Waals surface area contributed by atoms with Gasteiger partial charge in [-0.2, -0.15) is 13.2 Å². The number of ether oxygens (including phenoxy) is 1. The number of aliphatic hydroxyl groups is 1. The molecule has 140 valence electrons. The number of carbonyl (C=O) groups is 1. The SMILES string of the molecule is CC(C)C(O)C(=O)NCc1cccnc1Oc1cccc(C(F)(F)F)c1. The largest absolute Gasteiger partial charge is 0.439 e. The van der Waals surface area contributed by atoms with Crippen LogP contribution >= 0.6 is 0 Å². The minimum atomic E-state index is -4.48. The van der Waals surface area contributed by atoms with E-state index in [2.05, 4.69) is 10.3 Å². The molecule has 1 atom stereocenters. The molecule has 0 bridgehead atoms. The second-order valence-corrected chi connectivity index (χ2v) is 6.00. The third-order valence-corrected chi connectivity index (χ3v) is 3.58. The van der Waals surface area contributed by atoms with Crippen LogP contribution in [0.2, 0.25) is 0 Å². The van der Waals surface area contributed by atoms with Crippen LogP contribution in [0.25, 0.3) is 0 Å². The summed E-state index contributed by atoms with van der Waals surface area (Å²) in [6.07, 6.45) is -4.20. The first kappa shape index (κ1) is 19.7. The summed E-state index contributed by atoms with van der Waals surface area (Å²) in [4.78, 5) is 15.8. The maximum absolute atomic E-state index is 12.8. The molecule has 1 heterocycles. The first-order chi connectivity index (χ1) is 12.2. The van der Waals surface area contributed by atoms with Crippen molar-refractivity contribution in [1.82, 2.24) is 10.3 Å². The summed E-state index contributed by atoms with van der Waals surface area (Å²) in [7, 11) is 0. The molecule has 0 radical (unpaired) electrons. The average molecular weight is 368 g/mol. The first-order valence-electron chi connectivity index (χ1n) is 7.93. The third-order valence-electron chi connectivity index (χ3n) is 3.58. The summed E-state index contributed by atoms with van der Waals surface area (Å²) in [5.41, 5.74) is -0.366. The molecular weight excluding hydrogens is 349 g/mol. The summed E-state index contributed by atoms with van der Waals surface area (Å²) < 4.78 is 43.8. The molecule has 0 saturated heterocycles. The molecule has 1 aromatic heterocycles. The number of aromatic nitrogens is 1. The Morgan fingerprint density at radius 1 is 1.27 bits per heavy atom. The minimum absolute atomic E-state index is 0.0186. The molecule has 2 N–H and O–H groups in total. The highest BCUT2D eigenvalue weighted by atomic mass is 19.4. The second-order valence-electron chi connectivity index (χ2n) is 6.00. The van der Waals surface area contributed by atoms with Crippen molar-refractivity contribution in [1.29, 1.82) is 0 Å². The highest BCUT2D eigenvalue weighted by Gasteiger charge is 2.30. The smallest absolute Gasteiger partial charge is 0.416 e. The highest BCUT2D eigenvalue weighted by molar-refractivity contribution is 5.80. The molecule has 0 aliphatic carbocycles. The Balaban J connectivity index is 2.13. The van der Waals surface area contributed by atoms with Crippen molar-refractivity contribution in [3.8, 4) is 11.6 Å². The van der Waals surface area contributed by atoms with Gasteiger partial charge in [0.25, 0.3) is 0 Å². The number of nitrogens with one attached hydrogen (secondary N) is 1. The van der Waals surface area contributed by atoms with Crippen LogP contribution in [-0.2, 0) is 17.5 Å².